The summed E-state index contributed by atoms with van der Waals surface area (Å²) in [5.41, 5.74) is 0.742. The summed E-state index contributed by atoms with van der Waals surface area (Å²) in [6, 6.07) is 13.3. The number of benzene rings is 3. The number of hydrogen-bond donors (Lipinski definition) is 0. The molecule has 0 amide bonds. The van der Waals surface area contributed by atoms with E-state index < -0.39 is 27.4 Å². The summed E-state index contributed by atoms with van der Waals surface area (Å²) in [7, 11) is -1.17. The maximum Gasteiger partial charge on any atom is 0.270 e. The molecule has 0 N–H and O–H groups in total. The van der Waals surface area contributed by atoms with Crippen LogP contribution in [-0.4, -0.2) is 15.4 Å². The van der Waals surface area contributed by atoms with Crippen molar-refractivity contribution in [3.63, 3.8) is 0 Å². The molecular weight excluding hydrogens is 376 g/mol. The van der Waals surface area contributed by atoms with Crippen LogP contribution in [0.2, 0.25) is 0 Å². The minimum Gasteiger partial charge on any atom is -0.454 e. The van der Waals surface area contributed by atoms with Gasteiger partial charge in [0.25, 0.3) is 5.69 Å². The third-order valence-corrected chi connectivity index (χ3v) is 4.72. The Bertz CT molecular complexity index is 1040. The van der Waals surface area contributed by atoms with Crippen molar-refractivity contribution in [3.8, 4) is 22.6 Å². The van der Waals surface area contributed by atoms with Crippen molar-refractivity contribution in [2.75, 3.05) is 6.26 Å². The highest BCUT2D eigenvalue weighted by Gasteiger charge is 2.16. The van der Waals surface area contributed by atoms with Gasteiger partial charge in [0.15, 0.2) is 11.6 Å². The third-order valence-electron chi connectivity index (χ3n) is 3.79. The van der Waals surface area contributed by atoms with Crippen LogP contribution in [0.3, 0.4) is 0 Å². The van der Waals surface area contributed by atoms with Gasteiger partial charge in [0, 0.05) is 45.7 Å². The molecule has 0 aromatic heterocycles. The number of halogens is 2. The van der Waals surface area contributed by atoms with Crippen LogP contribution in [0.1, 0.15) is 0 Å². The molecule has 138 valence electrons. The van der Waals surface area contributed by atoms with Crippen molar-refractivity contribution in [1.29, 1.82) is 0 Å². The maximum atomic E-state index is 13.9. The second-order valence-corrected chi connectivity index (χ2v) is 6.97. The number of nitro groups is 1. The molecule has 1 unspecified atom stereocenters. The van der Waals surface area contributed by atoms with Gasteiger partial charge in [-0.05, 0) is 35.9 Å². The molecule has 0 radical (unpaired) electrons. The standard InChI is InChI=1S/C19H13F2NO4S/c1-27(25)15-6-2-12(3-7-15)16-11-14(22(23)24)5-9-18(16)26-19-8-4-13(20)10-17(19)21/h2-11H,1H3. The van der Waals surface area contributed by atoms with E-state index >= 15 is 0 Å². The molecule has 0 bridgehead atoms. The van der Waals surface area contributed by atoms with E-state index in [4.69, 9.17) is 4.74 Å². The van der Waals surface area contributed by atoms with Gasteiger partial charge in [0.05, 0.1) is 4.92 Å². The molecule has 0 aliphatic heterocycles. The van der Waals surface area contributed by atoms with Crippen LogP contribution >= 0.6 is 0 Å². The number of ether oxygens (including phenoxy) is 1. The number of rotatable bonds is 5. The van der Waals surface area contributed by atoms with Crippen LogP contribution in [0.4, 0.5) is 14.5 Å². The molecule has 3 rings (SSSR count). The van der Waals surface area contributed by atoms with Gasteiger partial charge in [-0.3, -0.25) is 14.3 Å². The molecule has 8 heteroatoms. The highest BCUT2D eigenvalue weighted by atomic mass is 32.2. The average Bonchev–Trinajstić information content (AvgIpc) is 2.64. The van der Waals surface area contributed by atoms with E-state index in [2.05, 4.69) is 0 Å². The molecule has 0 fully saturated rings. The van der Waals surface area contributed by atoms with Gasteiger partial charge in [-0.2, -0.15) is 0 Å². The minimum atomic E-state index is -1.17. The molecular formula is C19H13F2NO4S. The quantitative estimate of drug-likeness (QED) is 0.451. The van der Waals surface area contributed by atoms with Crippen molar-refractivity contribution < 1.29 is 22.6 Å². The zero-order valence-corrected chi connectivity index (χ0v) is 14.8. The minimum absolute atomic E-state index is 0.163. The van der Waals surface area contributed by atoms with Gasteiger partial charge in [-0.15, -0.1) is 0 Å². The normalized spacial score (nSPS) is 11.8. The summed E-state index contributed by atoms with van der Waals surface area (Å²) in [6.07, 6.45) is 1.54. The smallest absolute Gasteiger partial charge is 0.270 e. The van der Waals surface area contributed by atoms with Crippen molar-refractivity contribution in [1.82, 2.24) is 0 Å². The monoisotopic (exact) mass is 389 g/mol. The predicted molar refractivity (Wildman–Crippen MR) is 97.3 cm³/mol. The van der Waals surface area contributed by atoms with E-state index in [0.717, 1.165) is 12.1 Å². The summed E-state index contributed by atoms with van der Waals surface area (Å²) >= 11 is 0. The number of nitro benzene ring substituents is 1. The van der Waals surface area contributed by atoms with Gasteiger partial charge in [0.2, 0.25) is 0 Å². The highest BCUT2D eigenvalue weighted by molar-refractivity contribution is 7.84. The van der Waals surface area contributed by atoms with E-state index in [1.54, 1.807) is 24.3 Å². The average molecular weight is 389 g/mol. The maximum absolute atomic E-state index is 13.9. The predicted octanol–water partition coefficient (Wildman–Crippen LogP) is 5.07. The van der Waals surface area contributed by atoms with Gasteiger partial charge >= 0.3 is 0 Å². The fraction of sp³-hybridized carbons (Fsp3) is 0.0526. The first-order valence-electron chi connectivity index (χ1n) is 7.70. The SMILES string of the molecule is CS(=O)c1ccc(-c2cc([N+](=O)[O-])ccc2Oc2ccc(F)cc2F)cc1. The zero-order valence-electron chi connectivity index (χ0n) is 14.0. The molecule has 0 heterocycles. The first-order chi connectivity index (χ1) is 12.8. The van der Waals surface area contributed by atoms with Crippen molar-refractivity contribution in [2.24, 2.45) is 0 Å². The lowest BCUT2D eigenvalue weighted by atomic mass is 10.0. The van der Waals surface area contributed by atoms with E-state index in [-0.39, 0.29) is 17.2 Å². The molecule has 1 atom stereocenters. The molecule has 0 saturated heterocycles. The third kappa shape index (κ3) is 4.17. The fourth-order valence-electron chi connectivity index (χ4n) is 2.45. The second-order valence-electron chi connectivity index (χ2n) is 5.59. The molecule has 0 saturated carbocycles. The second kappa shape index (κ2) is 7.63. The Morgan fingerprint density at radius 3 is 2.22 bits per heavy atom. The van der Waals surface area contributed by atoms with Gasteiger partial charge in [-0.1, -0.05) is 12.1 Å². The highest BCUT2D eigenvalue weighted by Crippen LogP contribution is 2.37. The van der Waals surface area contributed by atoms with Gasteiger partial charge < -0.3 is 4.74 Å². The topological polar surface area (TPSA) is 69.4 Å². The molecule has 5 nitrogen and oxygen atoms in total. The summed E-state index contributed by atoms with van der Waals surface area (Å²) in [4.78, 5) is 11.2. The molecule has 27 heavy (non-hydrogen) atoms. The van der Waals surface area contributed by atoms with Crippen LogP contribution < -0.4 is 4.74 Å². The Kier molecular flexibility index (Phi) is 5.27. The van der Waals surface area contributed by atoms with Crippen molar-refractivity contribution in [2.45, 2.75) is 4.90 Å². The van der Waals surface area contributed by atoms with Crippen LogP contribution in [0.25, 0.3) is 11.1 Å². The summed E-state index contributed by atoms with van der Waals surface area (Å²) < 4.78 is 44.1. The van der Waals surface area contributed by atoms with E-state index in [0.29, 0.717) is 22.1 Å². The number of non-ortho nitro benzene ring substituents is 1. The Balaban J connectivity index is 2.08. The van der Waals surface area contributed by atoms with Crippen molar-refractivity contribution in [3.05, 3.63) is 82.4 Å². The summed E-state index contributed by atoms with van der Waals surface area (Å²) in [6.45, 7) is 0. The first kappa shape index (κ1) is 18.7. The van der Waals surface area contributed by atoms with Crippen LogP contribution in [-0.2, 0) is 10.8 Å². The van der Waals surface area contributed by atoms with E-state index in [9.17, 15) is 23.1 Å². The fourth-order valence-corrected chi connectivity index (χ4v) is 2.97. The Labute approximate surface area is 155 Å². The van der Waals surface area contributed by atoms with E-state index in [1.165, 1.54) is 24.5 Å². The molecule has 3 aromatic rings. The Morgan fingerprint density at radius 1 is 0.963 bits per heavy atom. The van der Waals surface area contributed by atoms with Gasteiger partial charge in [-0.25, -0.2) is 8.78 Å². The number of nitrogens with zero attached hydrogens (tertiary/aromatic N) is 1. The van der Waals surface area contributed by atoms with Crippen LogP contribution in [0.5, 0.6) is 11.5 Å². The number of hydrogen-bond acceptors (Lipinski definition) is 4. The lowest BCUT2D eigenvalue weighted by Crippen LogP contribution is -1.95. The molecule has 0 aliphatic rings. The van der Waals surface area contributed by atoms with Crippen molar-refractivity contribution >= 4 is 16.5 Å². The van der Waals surface area contributed by atoms with Crippen LogP contribution in [0, 0.1) is 21.7 Å². The first-order valence-corrected chi connectivity index (χ1v) is 9.26. The molecule has 3 aromatic carbocycles. The van der Waals surface area contributed by atoms with Gasteiger partial charge in [0.1, 0.15) is 11.6 Å². The largest absolute Gasteiger partial charge is 0.454 e. The zero-order chi connectivity index (χ0) is 19.6. The molecule has 0 spiro atoms. The molecule has 0 aliphatic carbocycles. The van der Waals surface area contributed by atoms with Crippen LogP contribution in [0.15, 0.2) is 65.6 Å². The lowest BCUT2D eigenvalue weighted by molar-refractivity contribution is -0.384. The lowest BCUT2D eigenvalue weighted by Gasteiger charge is -2.12. The summed E-state index contributed by atoms with van der Waals surface area (Å²) in [5.74, 6) is -1.68. The summed E-state index contributed by atoms with van der Waals surface area (Å²) in [5, 5.41) is 11.1. The Hall–Kier alpha value is -3.13. The van der Waals surface area contributed by atoms with E-state index in [1.807, 2.05) is 0 Å². The Morgan fingerprint density at radius 2 is 1.63 bits per heavy atom.